The minimum absolute atomic E-state index is 0.258. The van der Waals surface area contributed by atoms with Crippen LogP contribution in [0.5, 0.6) is 11.5 Å². The molecule has 2 N–H and O–H groups in total. The van der Waals surface area contributed by atoms with E-state index in [4.69, 9.17) is 15.2 Å². The largest absolute Gasteiger partial charge is 0.493 e. The second-order valence-electron chi connectivity index (χ2n) is 4.48. The first kappa shape index (κ1) is 14.1. The number of ether oxygens (including phenoxy) is 2. The smallest absolute Gasteiger partial charge is 0.168 e. The minimum atomic E-state index is 0.258. The number of nitrogens with two attached hydrogens (primary N) is 1. The molecular formula is C15H19N3O2. The molecule has 0 radical (unpaired) electrons. The van der Waals surface area contributed by atoms with Crippen LogP contribution in [0.25, 0.3) is 0 Å². The fourth-order valence-electron chi connectivity index (χ4n) is 1.91. The SMILES string of the molecule is CCc1ccc(OCc2nc(C)cc(N)n2)c(OC)c1. The summed E-state index contributed by atoms with van der Waals surface area (Å²) in [7, 11) is 1.63. The first-order valence-corrected chi connectivity index (χ1v) is 6.52. The summed E-state index contributed by atoms with van der Waals surface area (Å²) in [5.74, 6) is 2.40. The predicted molar refractivity (Wildman–Crippen MR) is 77.9 cm³/mol. The van der Waals surface area contributed by atoms with Gasteiger partial charge in [0.2, 0.25) is 0 Å². The van der Waals surface area contributed by atoms with Gasteiger partial charge in [0.1, 0.15) is 12.4 Å². The van der Waals surface area contributed by atoms with Crippen molar-refractivity contribution in [2.45, 2.75) is 26.9 Å². The van der Waals surface area contributed by atoms with Crippen LogP contribution in [-0.4, -0.2) is 17.1 Å². The number of aryl methyl sites for hydroxylation is 2. The van der Waals surface area contributed by atoms with Crippen LogP contribution in [0.4, 0.5) is 5.82 Å². The lowest BCUT2D eigenvalue weighted by Gasteiger charge is -2.11. The van der Waals surface area contributed by atoms with Gasteiger partial charge >= 0.3 is 0 Å². The molecule has 5 heteroatoms. The zero-order chi connectivity index (χ0) is 14.5. The number of nitrogens with zero attached hydrogens (tertiary/aromatic N) is 2. The van der Waals surface area contributed by atoms with E-state index >= 15 is 0 Å². The van der Waals surface area contributed by atoms with Crippen LogP contribution in [0.2, 0.25) is 0 Å². The average Bonchev–Trinajstić information content (AvgIpc) is 2.44. The molecule has 0 saturated heterocycles. The maximum atomic E-state index is 5.72. The Morgan fingerprint density at radius 3 is 2.60 bits per heavy atom. The third-order valence-corrected chi connectivity index (χ3v) is 2.91. The molecule has 0 aliphatic heterocycles. The molecule has 0 aliphatic carbocycles. The molecule has 106 valence electrons. The molecule has 1 aromatic heterocycles. The molecule has 1 heterocycles. The summed E-state index contributed by atoms with van der Waals surface area (Å²) in [6, 6.07) is 7.61. The first-order chi connectivity index (χ1) is 9.62. The van der Waals surface area contributed by atoms with Crippen molar-refractivity contribution in [2.75, 3.05) is 12.8 Å². The molecular weight excluding hydrogens is 254 g/mol. The van der Waals surface area contributed by atoms with Gasteiger partial charge < -0.3 is 15.2 Å². The van der Waals surface area contributed by atoms with Crippen molar-refractivity contribution < 1.29 is 9.47 Å². The van der Waals surface area contributed by atoms with E-state index in [2.05, 4.69) is 16.9 Å². The highest BCUT2D eigenvalue weighted by atomic mass is 16.5. The maximum absolute atomic E-state index is 5.72. The standard InChI is InChI=1S/C15H19N3O2/c1-4-11-5-6-12(13(8-11)19-3)20-9-15-17-10(2)7-14(16)18-15/h5-8H,4,9H2,1-3H3,(H2,16,17,18). The van der Waals surface area contributed by atoms with Gasteiger partial charge in [-0.3, -0.25) is 0 Å². The number of nitrogen functional groups attached to an aromatic ring is 1. The molecule has 0 bridgehead atoms. The molecule has 0 spiro atoms. The molecule has 2 rings (SSSR count). The van der Waals surface area contributed by atoms with Gasteiger partial charge in [-0.25, -0.2) is 9.97 Å². The summed E-state index contributed by atoms with van der Waals surface area (Å²) in [5.41, 5.74) is 7.71. The fourth-order valence-corrected chi connectivity index (χ4v) is 1.91. The number of aromatic nitrogens is 2. The van der Waals surface area contributed by atoms with Gasteiger partial charge in [-0.05, 0) is 31.0 Å². The van der Waals surface area contributed by atoms with Crippen molar-refractivity contribution in [1.29, 1.82) is 0 Å². The normalized spacial score (nSPS) is 10.3. The second kappa shape index (κ2) is 6.23. The van der Waals surface area contributed by atoms with E-state index in [-0.39, 0.29) is 6.61 Å². The van der Waals surface area contributed by atoms with Gasteiger partial charge in [0.25, 0.3) is 0 Å². The number of methoxy groups -OCH3 is 1. The lowest BCUT2D eigenvalue weighted by Crippen LogP contribution is -2.06. The van der Waals surface area contributed by atoms with E-state index in [1.54, 1.807) is 13.2 Å². The number of rotatable bonds is 5. The van der Waals surface area contributed by atoms with Gasteiger partial charge in [-0.15, -0.1) is 0 Å². The van der Waals surface area contributed by atoms with E-state index in [9.17, 15) is 0 Å². The highest BCUT2D eigenvalue weighted by Gasteiger charge is 2.07. The van der Waals surface area contributed by atoms with E-state index in [1.165, 1.54) is 5.56 Å². The number of hydrogen-bond acceptors (Lipinski definition) is 5. The Balaban J connectivity index is 2.14. The molecule has 20 heavy (non-hydrogen) atoms. The van der Waals surface area contributed by atoms with Gasteiger partial charge in [0.15, 0.2) is 17.3 Å². The van der Waals surface area contributed by atoms with Crippen LogP contribution >= 0.6 is 0 Å². The molecule has 0 atom stereocenters. The maximum Gasteiger partial charge on any atom is 0.168 e. The molecule has 0 saturated carbocycles. The quantitative estimate of drug-likeness (QED) is 0.906. The van der Waals surface area contributed by atoms with Crippen molar-refractivity contribution in [1.82, 2.24) is 9.97 Å². The summed E-state index contributed by atoms with van der Waals surface area (Å²) < 4.78 is 11.1. The number of hydrogen-bond donors (Lipinski definition) is 1. The molecule has 0 aliphatic rings. The third-order valence-electron chi connectivity index (χ3n) is 2.91. The van der Waals surface area contributed by atoms with Gasteiger partial charge in [0.05, 0.1) is 7.11 Å². The van der Waals surface area contributed by atoms with Gasteiger partial charge in [-0.2, -0.15) is 0 Å². The van der Waals surface area contributed by atoms with Crippen molar-refractivity contribution in [3.8, 4) is 11.5 Å². The van der Waals surface area contributed by atoms with Crippen LogP contribution in [0, 0.1) is 6.92 Å². The average molecular weight is 273 g/mol. The lowest BCUT2D eigenvalue weighted by molar-refractivity contribution is 0.276. The van der Waals surface area contributed by atoms with Crippen molar-refractivity contribution in [3.05, 3.63) is 41.3 Å². The minimum Gasteiger partial charge on any atom is -0.493 e. The third kappa shape index (κ3) is 3.38. The van der Waals surface area contributed by atoms with E-state index in [0.717, 1.165) is 12.1 Å². The molecule has 2 aromatic rings. The van der Waals surface area contributed by atoms with E-state index in [1.807, 2.05) is 25.1 Å². The van der Waals surface area contributed by atoms with Crippen molar-refractivity contribution in [2.24, 2.45) is 0 Å². The zero-order valence-corrected chi connectivity index (χ0v) is 12.0. The summed E-state index contributed by atoms with van der Waals surface area (Å²) >= 11 is 0. The summed E-state index contributed by atoms with van der Waals surface area (Å²) in [6.07, 6.45) is 0.953. The van der Waals surface area contributed by atoms with E-state index in [0.29, 0.717) is 23.1 Å². The molecule has 0 unspecified atom stereocenters. The van der Waals surface area contributed by atoms with Crippen LogP contribution in [-0.2, 0) is 13.0 Å². The van der Waals surface area contributed by atoms with Crippen molar-refractivity contribution in [3.63, 3.8) is 0 Å². The van der Waals surface area contributed by atoms with Crippen molar-refractivity contribution >= 4 is 5.82 Å². The Labute approximate surface area is 118 Å². The topological polar surface area (TPSA) is 70.3 Å². The summed E-state index contributed by atoms with van der Waals surface area (Å²) in [5, 5.41) is 0. The lowest BCUT2D eigenvalue weighted by atomic mass is 10.1. The Kier molecular flexibility index (Phi) is 4.40. The summed E-state index contributed by atoms with van der Waals surface area (Å²) in [6.45, 7) is 4.23. The van der Waals surface area contributed by atoms with E-state index < -0.39 is 0 Å². The fraction of sp³-hybridized carbons (Fsp3) is 0.333. The Bertz CT molecular complexity index is 579. The molecule has 5 nitrogen and oxygen atoms in total. The zero-order valence-electron chi connectivity index (χ0n) is 12.0. The van der Waals surface area contributed by atoms with Crippen LogP contribution in [0.1, 0.15) is 24.0 Å². The predicted octanol–water partition coefficient (Wildman–Crippen LogP) is 2.52. The summed E-state index contributed by atoms with van der Waals surface area (Å²) in [4.78, 5) is 8.42. The second-order valence-corrected chi connectivity index (χ2v) is 4.48. The van der Waals surface area contributed by atoms with Crippen LogP contribution in [0.3, 0.4) is 0 Å². The number of anilines is 1. The number of benzene rings is 1. The Morgan fingerprint density at radius 2 is 1.95 bits per heavy atom. The Hall–Kier alpha value is -2.30. The van der Waals surface area contributed by atoms with Crippen LogP contribution in [0.15, 0.2) is 24.3 Å². The molecule has 0 amide bonds. The first-order valence-electron chi connectivity index (χ1n) is 6.52. The van der Waals surface area contributed by atoms with Crippen LogP contribution < -0.4 is 15.2 Å². The monoisotopic (exact) mass is 273 g/mol. The van der Waals surface area contributed by atoms with Gasteiger partial charge in [0, 0.05) is 11.8 Å². The van der Waals surface area contributed by atoms with Gasteiger partial charge in [-0.1, -0.05) is 13.0 Å². The Morgan fingerprint density at radius 1 is 1.15 bits per heavy atom. The highest BCUT2D eigenvalue weighted by Crippen LogP contribution is 2.28. The molecule has 0 fully saturated rings. The highest BCUT2D eigenvalue weighted by molar-refractivity contribution is 5.43. The molecule has 1 aromatic carbocycles.